The molecular formula is C17H24N3O2+. The molecule has 1 unspecified atom stereocenters. The van der Waals surface area contributed by atoms with Gasteiger partial charge in [0, 0.05) is 7.11 Å². The Balaban J connectivity index is 2.16. The number of ether oxygens (including phenoxy) is 1. The van der Waals surface area contributed by atoms with E-state index in [0.29, 0.717) is 4.59 Å². The van der Waals surface area contributed by atoms with E-state index in [-0.39, 0.29) is 0 Å². The monoisotopic (exact) mass is 302 g/mol. The maximum Gasteiger partial charge on any atom is 0.201 e. The third-order valence-electron chi connectivity index (χ3n) is 4.68. The molecule has 2 aliphatic rings. The summed E-state index contributed by atoms with van der Waals surface area (Å²) in [5, 5.41) is 15.1. The second-order valence-electron chi connectivity index (χ2n) is 5.97. The van der Waals surface area contributed by atoms with Gasteiger partial charge in [-0.25, -0.2) is 0 Å². The van der Waals surface area contributed by atoms with Crippen molar-refractivity contribution in [2.75, 3.05) is 31.8 Å². The number of aliphatic hydroxyl groups excluding tert-OH is 1. The lowest BCUT2D eigenvalue weighted by Crippen LogP contribution is -2.45. The van der Waals surface area contributed by atoms with Crippen LogP contribution in [0.15, 0.2) is 28.9 Å². The summed E-state index contributed by atoms with van der Waals surface area (Å²) in [5.74, 6) is 0.830. The summed E-state index contributed by atoms with van der Waals surface area (Å²) in [7, 11) is 1.51. The van der Waals surface area contributed by atoms with Crippen molar-refractivity contribution in [1.29, 1.82) is 0 Å². The predicted octanol–water partition coefficient (Wildman–Crippen LogP) is 2.30. The number of anilines is 1. The number of nitrogens with zero attached hydrogens (tertiary/aromatic N) is 3. The molecule has 1 aromatic carbocycles. The highest BCUT2D eigenvalue weighted by Crippen LogP contribution is 2.37. The Labute approximate surface area is 131 Å². The molecule has 5 nitrogen and oxygen atoms in total. The summed E-state index contributed by atoms with van der Waals surface area (Å²) < 4.78 is 5.79. The second-order valence-corrected chi connectivity index (χ2v) is 5.97. The molecule has 22 heavy (non-hydrogen) atoms. The summed E-state index contributed by atoms with van der Waals surface area (Å²) in [6.07, 6.45) is 1.04. The van der Waals surface area contributed by atoms with Gasteiger partial charge in [-0.3, -0.25) is 4.90 Å². The average Bonchev–Trinajstić information content (AvgIpc) is 2.94. The van der Waals surface area contributed by atoms with Crippen LogP contribution in [0.25, 0.3) is 6.08 Å². The molecule has 5 heteroatoms. The standard InChI is InChI=1S/C17H24N3O2/c1-5-20(6-2)11-19-15-9-12(3)7-8-13(15)10-14(16(19)18-20)17(21)22-4/h7-10,17,21H,5-6,11H2,1-4H3/q+1. The molecule has 1 aromatic rings. The molecule has 2 aliphatic heterocycles. The molecule has 0 aromatic heterocycles. The van der Waals surface area contributed by atoms with E-state index in [1.54, 1.807) is 0 Å². The van der Waals surface area contributed by atoms with Crippen LogP contribution in [0.3, 0.4) is 0 Å². The zero-order valence-corrected chi connectivity index (χ0v) is 13.7. The van der Waals surface area contributed by atoms with Gasteiger partial charge in [-0.2, -0.15) is 4.59 Å². The van der Waals surface area contributed by atoms with Crippen LogP contribution in [0.1, 0.15) is 25.0 Å². The molecule has 1 N–H and O–H groups in total. The van der Waals surface area contributed by atoms with Crippen LogP contribution in [0, 0.1) is 6.92 Å². The Morgan fingerprint density at radius 1 is 1.36 bits per heavy atom. The van der Waals surface area contributed by atoms with Gasteiger partial charge in [0.05, 0.1) is 11.3 Å². The SMILES string of the molecule is CC[N+]1(CC)CN2C(=N1)C(C(O)OC)=Cc1ccc(C)cc12. The Kier molecular flexibility index (Phi) is 3.80. The molecule has 0 spiro atoms. The van der Waals surface area contributed by atoms with Crippen molar-refractivity contribution in [2.24, 2.45) is 5.10 Å². The molecule has 0 saturated heterocycles. The fraction of sp³-hybridized carbons (Fsp3) is 0.471. The van der Waals surface area contributed by atoms with Crippen LogP contribution < -0.4 is 4.90 Å². The van der Waals surface area contributed by atoms with Crippen molar-refractivity contribution in [3.63, 3.8) is 0 Å². The minimum absolute atomic E-state index is 0.649. The Hall–Kier alpha value is -1.69. The van der Waals surface area contributed by atoms with Gasteiger partial charge >= 0.3 is 0 Å². The topological polar surface area (TPSA) is 45.1 Å². The number of quaternary nitrogens is 1. The van der Waals surface area contributed by atoms with Crippen molar-refractivity contribution in [1.82, 2.24) is 0 Å². The Morgan fingerprint density at radius 3 is 2.73 bits per heavy atom. The molecule has 0 saturated carbocycles. The molecule has 1 atom stereocenters. The number of hydrogen-bond donors (Lipinski definition) is 1. The van der Waals surface area contributed by atoms with Gasteiger partial charge in [0.15, 0.2) is 13.0 Å². The van der Waals surface area contributed by atoms with E-state index < -0.39 is 6.29 Å². The lowest BCUT2D eigenvalue weighted by molar-refractivity contribution is -0.925. The normalized spacial score (nSPS) is 20.1. The van der Waals surface area contributed by atoms with Gasteiger partial charge in [-0.15, -0.1) is 0 Å². The van der Waals surface area contributed by atoms with E-state index in [1.165, 1.54) is 12.7 Å². The highest BCUT2D eigenvalue weighted by atomic mass is 16.6. The first-order chi connectivity index (χ1) is 10.5. The van der Waals surface area contributed by atoms with Gasteiger partial charge in [0.2, 0.25) is 5.84 Å². The van der Waals surface area contributed by atoms with E-state index in [4.69, 9.17) is 9.84 Å². The highest BCUT2D eigenvalue weighted by molar-refractivity contribution is 6.16. The van der Waals surface area contributed by atoms with Crippen LogP contribution in [-0.4, -0.2) is 48.7 Å². The first-order valence-corrected chi connectivity index (χ1v) is 7.81. The minimum Gasteiger partial charge on any atom is -0.364 e. The minimum atomic E-state index is -0.954. The zero-order chi connectivity index (χ0) is 15.9. The maximum absolute atomic E-state index is 10.2. The first kappa shape index (κ1) is 15.2. The Bertz CT molecular complexity index is 647. The number of amidine groups is 1. The van der Waals surface area contributed by atoms with E-state index >= 15 is 0 Å². The summed E-state index contributed by atoms with van der Waals surface area (Å²) in [6.45, 7) is 9.05. The van der Waals surface area contributed by atoms with Crippen molar-refractivity contribution >= 4 is 17.6 Å². The summed E-state index contributed by atoms with van der Waals surface area (Å²) in [4.78, 5) is 2.22. The molecule has 0 amide bonds. The molecule has 0 bridgehead atoms. The van der Waals surface area contributed by atoms with Crippen molar-refractivity contribution in [3.05, 3.63) is 34.9 Å². The van der Waals surface area contributed by atoms with Gasteiger partial charge < -0.3 is 9.84 Å². The largest absolute Gasteiger partial charge is 0.364 e. The van der Waals surface area contributed by atoms with Gasteiger partial charge in [0.1, 0.15) is 13.1 Å². The van der Waals surface area contributed by atoms with E-state index in [0.717, 1.165) is 42.4 Å². The third-order valence-corrected chi connectivity index (χ3v) is 4.68. The number of aryl methyl sites for hydroxylation is 1. The smallest absolute Gasteiger partial charge is 0.201 e. The third kappa shape index (κ3) is 2.26. The maximum atomic E-state index is 10.2. The fourth-order valence-electron chi connectivity index (χ4n) is 3.14. The van der Waals surface area contributed by atoms with Crippen LogP contribution in [-0.2, 0) is 4.74 Å². The van der Waals surface area contributed by atoms with Gasteiger partial charge in [0.25, 0.3) is 0 Å². The molecule has 118 valence electrons. The molecule has 3 rings (SSSR count). The van der Waals surface area contributed by atoms with Crippen molar-refractivity contribution < 1.29 is 14.4 Å². The number of hydrogen-bond acceptors (Lipinski definition) is 4. The van der Waals surface area contributed by atoms with E-state index in [9.17, 15) is 5.11 Å². The van der Waals surface area contributed by atoms with Crippen molar-refractivity contribution in [2.45, 2.75) is 27.1 Å². The van der Waals surface area contributed by atoms with Crippen LogP contribution in [0.2, 0.25) is 0 Å². The predicted molar refractivity (Wildman–Crippen MR) is 88.3 cm³/mol. The lowest BCUT2D eigenvalue weighted by Gasteiger charge is -2.30. The first-order valence-electron chi connectivity index (χ1n) is 7.81. The molecule has 2 heterocycles. The van der Waals surface area contributed by atoms with Crippen LogP contribution in [0.5, 0.6) is 0 Å². The van der Waals surface area contributed by atoms with Gasteiger partial charge in [-0.1, -0.05) is 17.2 Å². The Morgan fingerprint density at radius 2 is 2.09 bits per heavy atom. The zero-order valence-electron chi connectivity index (χ0n) is 13.7. The number of benzene rings is 1. The number of fused-ring (bicyclic) bond motifs is 3. The fourth-order valence-corrected chi connectivity index (χ4v) is 3.14. The molecule has 0 fully saturated rings. The summed E-state index contributed by atoms with van der Waals surface area (Å²) >= 11 is 0. The van der Waals surface area contributed by atoms with Crippen molar-refractivity contribution in [3.8, 4) is 0 Å². The van der Waals surface area contributed by atoms with E-state index in [2.05, 4.69) is 43.9 Å². The summed E-state index contributed by atoms with van der Waals surface area (Å²) in [5.41, 5.74) is 4.22. The molecule has 0 radical (unpaired) electrons. The number of aliphatic hydroxyl groups is 1. The second kappa shape index (κ2) is 5.50. The highest BCUT2D eigenvalue weighted by Gasteiger charge is 2.43. The van der Waals surface area contributed by atoms with Crippen LogP contribution in [0.4, 0.5) is 5.69 Å². The average molecular weight is 302 g/mol. The van der Waals surface area contributed by atoms with Crippen LogP contribution >= 0.6 is 0 Å². The number of rotatable bonds is 4. The molecular weight excluding hydrogens is 278 g/mol. The summed E-state index contributed by atoms with van der Waals surface area (Å²) in [6, 6.07) is 6.36. The molecule has 0 aliphatic carbocycles. The van der Waals surface area contributed by atoms with Gasteiger partial charge in [-0.05, 0) is 44.0 Å². The quantitative estimate of drug-likeness (QED) is 0.686. The lowest BCUT2D eigenvalue weighted by atomic mass is 10.00. The number of methoxy groups -OCH3 is 1. The van der Waals surface area contributed by atoms with E-state index in [1.807, 2.05) is 6.08 Å².